The van der Waals surface area contributed by atoms with Crippen molar-refractivity contribution in [2.24, 2.45) is 0 Å². The number of nitrogens with one attached hydrogen (secondary N) is 1. The van der Waals surface area contributed by atoms with Gasteiger partial charge in [0.15, 0.2) is 5.82 Å². The molecule has 0 saturated carbocycles. The Morgan fingerprint density at radius 3 is 2.35 bits per heavy atom. The van der Waals surface area contributed by atoms with Crippen molar-refractivity contribution in [3.05, 3.63) is 77.3 Å². The zero-order valence-corrected chi connectivity index (χ0v) is 14.3. The predicted octanol–water partition coefficient (Wildman–Crippen LogP) is 4.87. The molecule has 0 aliphatic heterocycles. The molecule has 2 aromatic carbocycles. The van der Waals surface area contributed by atoms with E-state index in [1.807, 2.05) is 0 Å². The van der Waals surface area contributed by atoms with E-state index in [1.54, 1.807) is 37.3 Å². The van der Waals surface area contributed by atoms with Gasteiger partial charge in [-0.3, -0.25) is 4.79 Å². The van der Waals surface area contributed by atoms with Crippen LogP contribution >= 0.6 is 11.8 Å². The van der Waals surface area contributed by atoms with E-state index in [4.69, 9.17) is 4.52 Å². The van der Waals surface area contributed by atoms with E-state index in [1.165, 1.54) is 6.07 Å². The topological polar surface area (TPSA) is 55.1 Å². The first kappa shape index (κ1) is 18.1. The molecule has 3 aromatic rings. The van der Waals surface area contributed by atoms with Crippen molar-refractivity contribution < 1.29 is 22.5 Å². The fourth-order valence-corrected chi connectivity index (χ4v) is 3.32. The number of carbonyl (C=O) groups is 1. The van der Waals surface area contributed by atoms with Crippen LogP contribution in [0.4, 0.5) is 19.0 Å². The summed E-state index contributed by atoms with van der Waals surface area (Å²) in [6, 6.07) is 11.1. The molecule has 0 unspecified atom stereocenters. The number of aromatic nitrogens is 1. The summed E-state index contributed by atoms with van der Waals surface area (Å²) in [4.78, 5) is 12.2. The predicted molar refractivity (Wildman–Crippen MR) is 91.2 cm³/mol. The Morgan fingerprint density at radius 2 is 1.77 bits per heavy atom. The number of carbonyl (C=O) groups excluding carboxylic acids is 1. The first-order valence-corrected chi connectivity index (χ1v) is 8.42. The van der Waals surface area contributed by atoms with Crippen LogP contribution < -0.4 is 5.32 Å². The quantitative estimate of drug-likeness (QED) is 0.644. The Labute approximate surface area is 151 Å². The zero-order chi connectivity index (χ0) is 18.7. The summed E-state index contributed by atoms with van der Waals surface area (Å²) < 4.78 is 46.1. The summed E-state index contributed by atoms with van der Waals surface area (Å²) in [6.07, 6.45) is 0. The molecule has 0 spiro atoms. The second-order valence-corrected chi connectivity index (χ2v) is 6.53. The average molecular weight is 378 g/mol. The molecule has 0 fully saturated rings. The molecule has 4 nitrogen and oxygen atoms in total. The van der Waals surface area contributed by atoms with Crippen LogP contribution in [0.15, 0.2) is 57.9 Å². The van der Waals surface area contributed by atoms with Gasteiger partial charge in [-0.05, 0) is 12.5 Å². The third-order valence-electron chi connectivity index (χ3n) is 3.42. The van der Waals surface area contributed by atoms with Crippen molar-refractivity contribution in [2.45, 2.75) is 17.1 Å². The first-order chi connectivity index (χ1) is 12.4. The summed E-state index contributed by atoms with van der Waals surface area (Å²) in [5, 5.41) is 5.24. The zero-order valence-electron chi connectivity index (χ0n) is 13.5. The van der Waals surface area contributed by atoms with E-state index >= 15 is 0 Å². The van der Waals surface area contributed by atoms with Gasteiger partial charge in [0.2, 0.25) is 5.91 Å². The van der Waals surface area contributed by atoms with E-state index in [0.29, 0.717) is 35.2 Å². The van der Waals surface area contributed by atoms with Gasteiger partial charge in [0.25, 0.3) is 0 Å². The van der Waals surface area contributed by atoms with Gasteiger partial charge in [-0.25, -0.2) is 13.2 Å². The Kier molecular flexibility index (Phi) is 5.32. The summed E-state index contributed by atoms with van der Waals surface area (Å²) >= 11 is 0.651. The number of thioether (sulfide) groups is 1. The van der Waals surface area contributed by atoms with Crippen molar-refractivity contribution in [1.82, 2.24) is 5.16 Å². The van der Waals surface area contributed by atoms with Gasteiger partial charge in [0.05, 0.1) is 4.90 Å². The van der Waals surface area contributed by atoms with E-state index in [2.05, 4.69) is 10.5 Å². The molecule has 0 aliphatic rings. The SMILES string of the molecule is Cc1cc(NC(=O)[C@@H](Sc2c(F)cc(F)cc2F)c2ccccc2)no1. The van der Waals surface area contributed by atoms with Crippen LogP contribution in [0.5, 0.6) is 0 Å². The first-order valence-electron chi connectivity index (χ1n) is 7.54. The highest BCUT2D eigenvalue weighted by atomic mass is 32.2. The summed E-state index contributed by atoms with van der Waals surface area (Å²) in [5.41, 5.74) is 0.526. The number of anilines is 1. The van der Waals surface area contributed by atoms with Gasteiger partial charge >= 0.3 is 0 Å². The fraction of sp³-hybridized carbons (Fsp3) is 0.111. The normalized spacial score (nSPS) is 12.0. The molecule has 0 bridgehead atoms. The standard InChI is InChI=1S/C18H13F3N2O2S/c1-10-7-15(23-25-10)22-18(24)16(11-5-3-2-4-6-11)26-17-13(20)8-12(19)9-14(17)21/h2-9,16H,1H3,(H,22,23,24)/t16-/m0/s1. The molecule has 1 N–H and O–H groups in total. The van der Waals surface area contributed by atoms with Gasteiger partial charge in [-0.2, -0.15) is 0 Å². The number of amides is 1. The Balaban J connectivity index is 1.93. The monoisotopic (exact) mass is 378 g/mol. The lowest BCUT2D eigenvalue weighted by Crippen LogP contribution is -2.19. The lowest BCUT2D eigenvalue weighted by Gasteiger charge is -2.17. The highest BCUT2D eigenvalue weighted by molar-refractivity contribution is 8.00. The van der Waals surface area contributed by atoms with Crippen LogP contribution in [-0.4, -0.2) is 11.1 Å². The number of aryl methyl sites for hydroxylation is 1. The van der Waals surface area contributed by atoms with Crippen molar-refractivity contribution in [3.8, 4) is 0 Å². The molecule has 1 aromatic heterocycles. The summed E-state index contributed by atoms with van der Waals surface area (Å²) in [6.45, 7) is 1.66. The molecule has 1 atom stereocenters. The smallest absolute Gasteiger partial charge is 0.243 e. The van der Waals surface area contributed by atoms with Crippen molar-refractivity contribution >= 4 is 23.5 Å². The molecule has 1 heterocycles. The molecule has 26 heavy (non-hydrogen) atoms. The van der Waals surface area contributed by atoms with Crippen LogP contribution in [0.1, 0.15) is 16.6 Å². The lowest BCUT2D eigenvalue weighted by molar-refractivity contribution is -0.115. The highest BCUT2D eigenvalue weighted by Gasteiger charge is 2.26. The second kappa shape index (κ2) is 7.65. The van der Waals surface area contributed by atoms with Crippen LogP contribution in [-0.2, 0) is 4.79 Å². The minimum atomic E-state index is -1.07. The fourth-order valence-electron chi connectivity index (χ4n) is 2.28. The molecular weight excluding hydrogens is 365 g/mol. The van der Waals surface area contributed by atoms with Crippen molar-refractivity contribution in [1.29, 1.82) is 0 Å². The Bertz CT molecular complexity index is 908. The Hall–Kier alpha value is -2.74. The molecular formula is C18H13F3N2O2S. The summed E-state index contributed by atoms with van der Waals surface area (Å²) in [5.74, 6) is -3.02. The number of nitrogens with zero attached hydrogens (tertiary/aromatic N) is 1. The largest absolute Gasteiger partial charge is 0.360 e. The molecule has 0 aliphatic carbocycles. The maximum Gasteiger partial charge on any atom is 0.243 e. The number of hydrogen-bond donors (Lipinski definition) is 1. The van der Waals surface area contributed by atoms with E-state index < -0.39 is 33.5 Å². The average Bonchev–Trinajstić information content (AvgIpc) is 2.99. The molecule has 1 amide bonds. The molecule has 134 valence electrons. The third kappa shape index (κ3) is 4.08. The lowest BCUT2D eigenvalue weighted by atomic mass is 10.1. The molecule has 0 radical (unpaired) electrons. The highest BCUT2D eigenvalue weighted by Crippen LogP contribution is 2.39. The van der Waals surface area contributed by atoms with Gasteiger partial charge < -0.3 is 9.84 Å². The summed E-state index contributed by atoms with van der Waals surface area (Å²) in [7, 11) is 0. The maximum absolute atomic E-state index is 14.0. The molecule has 0 saturated heterocycles. The number of rotatable bonds is 5. The van der Waals surface area contributed by atoms with E-state index in [-0.39, 0.29) is 5.82 Å². The van der Waals surface area contributed by atoms with Gasteiger partial charge in [0.1, 0.15) is 28.5 Å². The van der Waals surface area contributed by atoms with E-state index in [0.717, 1.165) is 0 Å². The van der Waals surface area contributed by atoms with E-state index in [9.17, 15) is 18.0 Å². The van der Waals surface area contributed by atoms with Crippen molar-refractivity contribution in [3.63, 3.8) is 0 Å². The van der Waals surface area contributed by atoms with Gasteiger partial charge in [0, 0.05) is 18.2 Å². The third-order valence-corrected chi connectivity index (χ3v) is 4.77. The second-order valence-electron chi connectivity index (χ2n) is 5.42. The maximum atomic E-state index is 14.0. The number of halogens is 3. The van der Waals surface area contributed by atoms with Crippen LogP contribution in [0.25, 0.3) is 0 Å². The van der Waals surface area contributed by atoms with Gasteiger partial charge in [-0.1, -0.05) is 35.5 Å². The number of hydrogen-bond acceptors (Lipinski definition) is 4. The van der Waals surface area contributed by atoms with Gasteiger partial charge in [-0.15, -0.1) is 11.8 Å². The minimum absolute atomic E-state index is 0.189. The van der Waals surface area contributed by atoms with Crippen molar-refractivity contribution in [2.75, 3.05) is 5.32 Å². The minimum Gasteiger partial charge on any atom is -0.360 e. The number of benzene rings is 2. The Morgan fingerprint density at radius 1 is 1.12 bits per heavy atom. The van der Waals surface area contributed by atoms with Crippen LogP contribution in [0, 0.1) is 24.4 Å². The molecule has 3 rings (SSSR count). The van der Waals surface area contributed by atoms with Crippen LogP contribution in [0.3, 0.4) is 0 Å². The van der Waals surface area contributed by atoms with Crippen LogP contribution in [0.2, 0.25) is 0 Å². The molecule has 8 heteroatoms.